The van der Waals surface area contributed by atoms with E-state index in [-0.39, 0.29) is 24.4 Å². The molecule has 1 amide bonds. The maximum Gasteiger partial charge on any atom is 0.243 e. The molecule has 1 aliphatic rings. The highest BCUT2D eigenvalue weighted by Gasteiger charge is 2.33. The number of nitrogens with zero attached hydrogens (tertiary/aromatic N) is 1. The monoisotopic (exact) mass is 352 g/mol. The molecule has 6 heteroatoms. The second-order valence-electron chi connectivity index (χ2n) is 7.06. The Hall–Kier alpha value is -1.40. The summed E-state index contributed by atoms with van der Waals surface area (Å²) in [6.45, 7) is 8.74. The highest BCUT2D eigenvalue weighted by atomic mass is 32.2. The molecule has 0 radical (unpaired) electrons. The topological polar surface area (TPSA) is 66.5 Å². The van der Waals surface area contributed by atoms with Crippen molar-refractivity contribution in [2.75, 3.05) is 13.1 Å². The number of sulfonamides is 1. The predicted octanol–water partition coefficient (Wildman–Crippen LogP) is 2.56. The van der Waals surface area contributed by atoms with Gasteiger partial charge in [0.15, 0.2) is 0 Å². The molecule has 2 atom stereocenters. The fourth-order valence-electron chi connectivity index (χ4n) is 2.74. The number of piperidine rings is 1. The van der Waals surface area contributed by atoms with Crippen molar-refractivity contribution in [2.45, 2.75) is 51.5 Å². The van der Waals surface area contributed by atoms with Crippen LogP contribution in [0.5, 0.6) is 0 Å². The van der Waals surface area contributed by atoms with E-state index in [9.17, 15) is 13.2 Å². The number of benzene rings is 1. The first kappa shape index (κ1) is 18.9. The molecule has 1 aromatic rings. The van der Waals surface area contributed by atoms with E-state index < -0.39 is 10.0 Å². The summed E-state index contributed by atoms with van der Waals surface area (Å²) in [4.78, 5) is 12.7. The Morgan fingerprint density at radius 3 is 2.42 bits per heavy atom. The predicted molar refractivity (Wildman–Crippen MR) is 95.1 cm³/mol. The SMILES string of the molecule is Cc1ccc(S(=O)(=O)N2CCC[C@@H](C(=O)N[C@@H](C)C(C)C)C2)cc1. The Morgan fingerprint density at radius 2 is 1.83 bits per heavy atom. The molecule has 24 heavy (non-hydrogen) atoms. The molecular weight excluding hydrogens is 324 g/mol. The molecular formula is C18H28N2O3S. The molecule has 0 aromatic heterocycles. The van der Waals surface area contributed by atoms with E-state index >= 15 is 0 Å². The van der Waals surface area contributed by atoms with Gasteiger partial charge in [0.2, 0.25) is 15.9 Å². The zero-order chi connectivity index (χ0) is 17.9. The van der Waals surface area contributed by atoms with Gasteiger partial charge in [-0.3, -0.25) is 4.79 Å². The van der Waals surface area contributed by atoms with Crippen LogP contribution < -0.4 is 5.32 Å². The van der Waals surface area contributed by atoms with Crippen molar-refractivity contribution >= 4 is 15.9 Å². The molecule has 1 aromatic carbocycles. The Morgan fingerprint density at radius 1 is 1.21 bits per heavy atom. The normalized spacial score (nSPS) is 20.8. The quantitative estimate of drug-likeness (QED) is 0.886. The van der Waals surface area contributed by atoms with Gasteiger partial charge < -0.3 is 5.32 Å². The number of amides is 1. The highest BCUT2D eigenvalue weighted by Crippen LogP contribution is 2.24. The Labute approximate surface area is 145 Å². The Balaban J connectivity index is 2.09. The van der Waals surface area contributed by atoms with Crippen LogP contribution in [0.2, 0.25) is 0 Å². The smallest absolute Gasteiger partial charge is 0.243 e. The van der Waals surface area contributed by atoms with Crippen LogP contribution in [0.25, 0.3) is 0 Å². The average Bonchev–Trinajstić information content (AvgIpc) is 2.55. The Kier molecular flexibility index (Phi) is 6.04. The number of carbonyl (C=O) groups is 1. The molecule has 0 saturated carbocycles. The van der Waals surface area contributed by atoms with E-state index in [1.807, 2.05) is 13.8 Å². The number of aryl methyl sites for hydroxylation is 1. The van der Waals surface area contributed by atoms with Crippen LogP contribution >= 0.6 is 0 Å². The fourth-order valence-corrected chi connectivity index (χ4v) is 4.27. The van der Waals surface area contributed by atoms with Crippen LogP contribution in [0.1, 0.15) is 39.2 Å². The first-order valence-corrected chi connectivity index (χ1v) is 10.0. The fraction of sp³-hybridized carbons (Fsp3) is 0.611. The van der Waals surface area contributed by atoms with Crippen LogP contribution in [0.15, 0.2) is 29.2 Å². The summed E-state index contributed by atoms with van der Waals surface area (Å²) < 4.78 is 27.0. The number of hydrogen-bond donors (Lipinski definition) is 1. The molecule has 1 fully saturated rings. The lowest BCUT2D eigenvalue weighted by Crippen LogP contribution is -2.47. The zero-order valence-corrected chi connectivity index (χ0v) is 15.8. The van der Waals surface area contributed by atoms with E-state index in [2.05, 4.69) is 19.2 Å². The van der Waals surface area contributed by atoms with Gasteiger partial charge in [-0.1, -0.05) is 31.5 Å². The lowest BCUT2D eigenvalue weighted by atomic mass is 9.97. The van der Waals surface area contributed by atoms with Gasteiger partial charge in [0.25, 0.3) is 0 Å². The maximum atomic E-state index is 12.8. The molecule has 134 valence electrons. The van der Waals surface area contributed by atoms with Gasteiger partial charge in [0, 0.05) is 19.1 Å². The van der Waals surface area contributed by atoms with Crippen molar-refractivity contribution in [3.8, 4) is 0 Å². The molecule has 1 saturated heterocycles. The molecule has 1 heterocycles. The summed E-state index contributed by atoms with van der Waals surface area (Å²) in [5.41, 5.74) is 1.02. The minimum Gasteiger partial charge on any atom is -0.353 e. The van der Waals surface area contributed by atoms with Gasteiger partial charge >= 0.3 is 0 Å². The summed E-state index contributed by atoms with van der Waals surface area (Å²) in [6, 6.07) is 6.95. The maximum absolute atomic E-state index is 12.8. The van der Waals surface area contributed by atoms with Gasteiger partial charge in [0.1, 0.15) is 0 Å². The largest absolute Gasteiger partial charge is 0.353 e. The van der Waals surface area contributed by atoms with Crippen molar-refractivity contribution in [1.82, 2.24) is 9.62 Å². The van der Waals surface area contributed by atoms with Crippen LogP contribution in [0.4, 0.5) is 0 Å². The molecule has 0 bridgehead atoms. The zero-order valence-electron chi connectivity index (χ0n) is 15.0. The van der Waals surface area contributed by atoms with Crippen molar-refractivity contribution in [3.05, 3.63) is 29.8 Å². The van der Waals surface area contributed by atoms with Crippen LogP contribution in [-0.4, -0.2) is 37.8 Å². The number of hydrogen-bond acceptors (Lipinski definition) is 3. The van der Waals surface area contributed by atoms with E-state index in [0.29, 0.717) is 23.8 Å². The first-order valence-electron chi connectivity index (χ1n) is 8.59. The second-order valence-corrected chi connectivity index (χ2v) is 8.99. The number of carbonyl (C=O) groups excluding carboxylic acids is 1. The number of nitrogens with one attached hydrogen (secondary N) is 1. The van der Waals surface area contributed by atoms with E-state index in [4.69, 9.17) is 0 Å². The van der Waals surface area contributed by atoms with Crippen molar-refractivity contribution in [3.63, 3.8) is 0 Å². The van der Waals surface area contributed by atoms with Crippen molar-refractivity contribution in [2.24, 2.45) is 11.8 Å². The molecule has 5 nitrogen and oxygen atoms in total. The second kappa shape index (κ2) is 7.66. The molecule has 0 spiro atoms. The number of rotatable bonds is 5. The summed E-state index contributed by atoms with van der Waals surface area (Å²) in [6.07, 6.45) is 1.44. The summed E-state index contributed by atoms with van der Waals surface area (Å²) >= 11 is 0. The standard InChI is InChI=1S/C18H28N2O3S/c1-13(2)15(4)19-18(21)16-6-5-11-20(12-16)24(22,23)17-9-7-14(3)8-10-17/h7-10,13,15-16H,5-6,11-12H2,1-4H3,(H,19,21)/t15-,16+/m0/s1. The third kappa shape index (κ3) is 4.36. The minimum atomic E-state index is -3.54. The van der Waals surface area contributed by atoms with Crippen molar-refractivity contribution < 1.29 is 13.2 Å². The molecule has 0 aliphatic carbocycles. The molecule has 1 aliphatic heterocycles. The average molecular weight is 353 g/mol. The third-order valence-electron chi connectivity index (χ3n) is 4.78. The molecule has 2 rings (SSSR count). The van der Waals surface area contributed by atoms with Gasteiger partial charge in [-0.15, -0.1) is 0 Å². The Bertz CT molecular complexity index is 668. The molecule has 1 N–H and O–H groups in total. The van der Waals surface area contributed by atoms with Gasteiger partial charge in [-0.25, -0.2) is 8.42 Å². The van der Waals surface area contributed by atoms with Gasteiger partial charge in [-0.05, 0) is 44.7 Å². The summed E-state index contributed by atoms with van der Waals surface area (Å²) in [5, 5.41) is 3.01. The molecule has 0 unspecified atom stereocenters. The summed E-state index contributed by atoms with van der Waals surface area (Å²) in [7, 11) is -3.54. The lowest BCUT2D eigenvalue weighted by Gasteiger charge is -2.32. The highest BCUT2D eigenvalue weighted by molar-refractivity contribution is 7.89. The van der Waals surface area contributed by atoms with Crippen LogP contribution in [-0.2, 0) is 14.8 Å². The van der Waals surface area contributed by atoms with E-state index in [0.717, 1.165) is 12.0 Å². The van der Waals surface area contributed by atoms with Crippen LogP contribution in [0, 0.1) is 18.8 Å². The van der Waals surface area contributed by atoms with Crippen LogP contribution in [0.3, 0.4) is 0 Å². The van der Waals surface area contributed by atoms with E-state index in [1.165, 1.54) is 4.31 Å². The first-order chi connectivity index (χ1) is 11.2. The summed E-state index contributed by atoms with van der Waals surface area (Å²) in [5.74, 6) is 0.0325. The minimum absolute atomic E-state index is 0.0417. The lowest BCUT2D eigenvalue weighted by molar-refractivity contribution is -0.127. The van der Waals surface area contributed by atoms with Gasteiger partial charge in [0.05, 0.1) is 10.8 Å². The third-order valence-corrected chi connectivity index (χ3v) is 6.66. The van der Waals surface area contributed by atoms with E-state index in [1.54, 1.807) is 24.3 Å². The van der Waals surface area contributed by atoms with Crippen molar-refractivity contribution in [1.29, 1.82) is 0 Å². The van der Waals surface area contributed by atoms with Gasteiger partial charge in [-0.2, -0.15) is 4.31 Å².